The van der Waals surface area contributed by atoms with Gasteiger partial charge in [-0.25, -0.2) is 0 Å². The first-order chi connectivity index (χ1) is 8.90. The van der Waals surface area contributed by atoms with Gasteiger partial charge >= 0.3 is 0 Å². The van der Waals surface area contributed by atoms with Crippen molar-refractivity contribution < 1.29 is 9.72 Å². The van der Waals surface area contributed by atoms with Crippen LogP contribution in [0.1, 0.15) is 21.1 Å². The van der Waals surface area contributed by atoms with Crippen LogP contribution in [0, 0.1) is 24.0 Å². The van der Waals surface area contributed by atoms with Gasteiger partial charge in [0, 0.05) is 6.07 Å². The molecule has 2 aromatic rings. The highest BCUT2D eigenvalue weighted by Crippen LogP contribution is 2.34. The molecular weight excluding hydrogens is 292 g/mol. The molecule has 0 fully saturated rings. The highest BCUT2D eigenvalue weighted by atomic mass is 35.5. The lowest BCUT2D eigenvalue weighted by Crippen LogP contribution is -2.11. The molecule has 0 aromatic carbocycles. The molecule has 7 nitrogen and oxygen atoms in total. The van der Waals surface area contributed by atoms with Crippen molar-refractivity contribution in [2.24, 2.45) is 0 Å². The van der Waals surface area contributed by atoms with Crippen molar-refractivity contribution in [3.05, 3.63) is 36.8 Å². The van der Waals surface area contributed by atoms with Crippen LogP contribution in [0.5, 0.6) is 0 Å². The molecule has 2 rings (SSSR count). The number of halogens is 1. The smallest absolute Gasteiger partial charge is 0.299 e. The Morgan fingerprint density at radius 1 is 1.58 bits per heavy atom. The van der Waals surface area contributed by atoms with Gasteiger partial charge in [-0.15, -0.1) is 11.3 Å². The molecule has 9 heteroatoms. The number of H-pyrrole nitrogens is 1. The molecule has 0 spiro atoms. The van der Waals surface area contributed by atoms with E-state index in [0.717, 1.165) is 17.4 Å². The lowest BCUT2D eigenvalue weighted by Gasteiger charge is -2.02. The molecule has 0 unspecified atom stereocenters. The maximum Gasteiger partial charge on any atom is 0.299 e. The summed E-state index contributed by atoms with van der Waals surface area (Å²) in [5, 5.41) is 20.0. The molecule has 2 heterocycles. The van der Waals surface area contributed by atoms with Crippen LogP contribution in [0.4, 0.5) is 11.4 Å². The zero-order chi connectivity index (χ0) is 14.2. The Bertz CT molecular complexity index is 644. The quantitative estimate of drug-likeness (QED) is 0.672. The van der Waals surface area contributed by atoms with E-state index >= 15 is 0 Å². The number of rotatable bonds is 3. The molecule has 0 atom stereocenters. The summed E-state index contributed by atoms with van der Waals surface area (Å²) in [5.74, 6) is -0.451. The third-order valence-electron chi connectivity index (χ3n) is 2.46. The van der Waals surface area contributed by atoms with Gasteiger partial charge in [0.1, 0.15) is 4.88 Å². The molecule has 0 bridgehead atoms. The fourth-order valence-electron chi connectivity index (χ4n) is 1.51. The highest BCUT2D eigenvalue weighted by molar-refractivity contribution is 7.18. The largest absolute Gasteiger partial charge is 0.318 e. The molecule has 19 heavy (non-hydrogen) atoms. The number of carbonyl (C=O) groups excluding carboxylic acids is 1. The van der Waals surface area contributed by atoms with E-state index in [9.17, 15) is 14.9 Å². The maximum absolute atomic E-state index is 12.0. The number of anilines is 1. The van der Waals surface area contributed by atoms with E-state index in [1.165, 1.54) is 0 Å². The van der Waals surface area contributed by atoms with Gasteiger partial charge < -0.3 is 5.32 Å². The predicted molar refractivity (Wildman–Crippen MR) is 72.0 cm³/mol. The van der Waals surface area contributed by atoms with Crippen molar-refractivity contribution in [3.63, 3.8) is 0 Å². The Kier molecular flexibility index (Phi) is 3.54. The Labute approximate surface area is 116 Å². The number of carbonyl (C=O) groups is 1. The van der Waals surface area contributed by atoms with Crippen LogP contribution in [0.3, 0.4) is 0 Å². The molecule has 100 valence electrons. The molecule has 2 N–H and O–H groups in total. The monoisotopic (exact) mass is 300 g/mol. The molecular formula is C10H9ClN4O3S. The van der Waals surface area contributed by atoms with Gasteiger partial charge in [0.05, 0.1) is 22.0 Å². The van der Waals surface area contributed by atoms with Gasteiger partial charge in [-0.2, -0.15) is 5.10 Å². The number of amides is 1. The third-order valence-corrected chi connectivity index (χ3v) is 3.79. The van der Waals surface area contributed by atoms with Gasteiger partial charge in [-0.05, 0) is 13.8 Å². The molecule has 1 amide bonds. The van der Waals surface area contributed by atoms with E-state index < -0.39 is 10.8 Å². The first-order valence-electron chi connectivity index (χ1n) is 5.16. The maximum atomic E-state index is 12.0. The fraction of sp³-hybridized carbons (Fsp3) is 0.200. The first kappa shape index (κ1) is 13.5. The molecule has 0 radical (unpaired) electrons. The molecule has 0 saturated heterocycles. The van der Waals surface area contributed by atoms with Gasteiger partial charge in [0.15, 0.2) is 4.34 Å². The summed E-state index contributed by atoms with van der Waals surface area (Å²) < 4.78 is -0.0178. The number of nitrogens with one attached hydrogen (secondary N) is 2. The normalized spacial score (nSPS) is 10.5. The number of aromatic nitrogens is 2. The predicted octanol–water partition coefficient (Wildman–Crippen LogP) is 2.90. The third kappa shape index (κ3) is 2.59. The van der Waals surface area contributed by atoms with Gasteiger partial charge in [-0.1, -0.05) is 11.6 Å². The molecule has 0 aliphatic heterocycles. The summed E-state index contributed by atoms with van der Waals surface area (Å²) >= 11 is 6.57. The number of nitrogens with zero attached hydrogens (tertiary/aromatic N) is 2. The highest BCUT2D eigenvalue weighted by Gasteiger charge is 2.22. The van der Waals surface area contributed by atoms with Gasteiger partial charge in [0.25, 0.3) is 11.6 Å². The summed E-state index contributed by atoms with van der Waals surface area (Å²) in [4.78, 5) is 22.2. The SMILES string of the molecule is Cc1n[nH]c(C)c1NC(=O)c1cc([N+](=O)[O-])c(Cl)s1. The minimum atomic E-state index is -0.621. The lowest BCUT2D eigenvalue weighted by atomic mass is 10.3. The Balaban J connectivity index is 2.26. The van der Waals surface area contributed by atoms with Gasteiger partial charge in [-0.3, -0.25) is 20.0 Å². The van der Waals surface area contributed by atoms with Gasteiger partial charge in [0.2, 0.25) is 0 Å². The minimum absolute atomic E-state index is 0.0178. The van der Waals surface area contributed by atoms with Crippen molar-refractivity contribution in [1.82, 2.24) is 10.2 Å². The fourth-order valence-corrected chi connectivity index (χ4v) is 2.62. The second-order valence-corrected chi connectivity index (χ2v) is 5.44. The van der Waals surface area contributed by atoms with Crippen molar-refractivity contribution in [2.75, 3.05) is 5.32 Å². The number of thiophene rings is 1. The van der Waals surface area contributed by atoms with Crippen LogP contribution in [0.25, 0.3) is 0 Å². The number of aromatic amines is 1. The van der Waals surface area contributed by atoms with Crippen LogP contribution in [-0.2, 0) is 0 Å². The zero-order valence-corrected chi connectivity index (χ0v) is 11.6. The minimum Gasteiger partial charge on any atom is -0.318 e. The second-order valence-electron chi connectivity index (χ2n) is 3.79. The molecule has 0 aliphatic carbocycles. The van der Waals surface area contributed by atoms with E-state index in [1.54, 1.807) is 13.8 Å². The van der Waals surface area contributed by atoms with E-state index in [0.29, 0.717) is 17.1 Å². The standard InChI is InChI=1S/C10H9ClN4O3S/c1-4-8(5(2)14-13-4)12-10(16)7-3-6(15(17)18)9(11)19-7/h3H,1-2H3,(H,12,16)(H,13,14). The zero-order valence-electron chi connectivity index (χ0n) is 9.98. The number of hydrogen-bond donors (Lipinski definition) is 2. The van der Waals surface area contributed by atoms with Crippen LogP contribution >= 0.6 is 22.9 Å². The average molecular weight is 301 g/mol. The molecule has 0 saturated carbocycles. The van der Waals surface area contributed by atoms with Crippen LogP contribution in [0.15, 0.2) is 6.07 Å². The summed E-state index contributed by atoms with van der Waals surface area (Å²) in [6.07, 6.45) is 0. The summed E-state index contributed by atoms with van der Waals surface area (Å²) in [7, 11) is 0. The lowest BCUT2D eigenvalue weighted by molar-refractivity contribution is -0.384. The summed E-state index contributed by atoms with van der Waals surface area (Å²) in [6, 6.07) is 1.16. The Hall–Kier alpha value is -1.93. The van der Waals surface area contributed by atoms with Crippen molar-refractivity contribution in [2.45, 2.75) is 13.8 Å². The average Bonchev–Trinajstić information content (AvgIpc) is 2.86. The molecule has 2 aromatic heterocycles. The number of nitro groups is 1. The van der Waals surface area contributed by atoms with Crippen LogP contribution < -0.4 is 5.32 Å². The van der Waals surface area contributed by atoms with Crippen LogP contribution in [0.2, 0.25) is 4.34 Å². The topological polar surface area (TPSA) is 101 Å². The number of aryl methyl sites for hydroxylation is 2. The van der Waals surface area contributed by atoms with Crippen molar-refractivity contribution in [1.29, 1.82) is 0 Å². The summed E-state index contributed by atoms with van der Waals surface area (Å²) in [5.41, 5.74) is 1.65. The number of hydrogen-bond acceptors (Lipinski definition) is 5. The Morgan fingerprint density at radius 2 is 2.26 bits per heavy atom. The van der Waals surface area contributed by atoms with E-state index in [2.05, 4.69) is 15.5 Å². The van der Waals surface area contributed by atoms with Crippen molar-refractivity contribution >= 4 is 40.2 Å². The van der Waals surface area contributed by atoms with Crippen LogP contribution in [-0.4, -0.2) is 21.0 Å². The second kappa shape index (κ2) is 4.98. The first-order valence-corrected chi connectivity index (χ1v) is 6.36. The van der Waals surface area contributed by atoms with E-state index in [1.807, 2.05) is 0 Å². The summed E-state index contributed by atoms with van der Waals surface area (Å²) in [6.45, 7) is 3.50. The Morgan fingerprint density at radius 3 is 2.74 bits per heavy atom. The van der Waals surface area contributed by atoms with E-state index in [-0.39, 0.29) is 14.9 Å². The van der Waals surface area contributed by atoms with E-state index in [4.69, 9.17) is 11.6 Å². The molecule has 0 aliphatic rings. The van der Waals surface area contributed by atoms with Crippen molar-refractivity contribution in [3.8, 4) is 0 Å².